The maximum absolute atomic E-state index is 12.6. The van der Waals surface area contributed by atoms with E-state index in [0.717, 1.165) is 4.47 Å². The Bertz CT molecular complexity index is 1140. The van der Waals surface area contributed by atoms with Gasteiger partial charge >= 0.3 is 0 Å². The lowest BCUT2D eigenvalue weighted by Gasteiger charge is -2.03. The van der Waals surface area contributed by atoms with Crippen molar-refractivity contribution in [2.75, 3.05) is 0 Å². The first-order valence-corrected chi connectivity index (χ1v) is 8.51. The molecule has 2 heterocycles. The second-order valence-electron chi connectivity index (χ2n) is 5.33. The van der Waals surface area contributed by atoms with Gasteiger partial charge in [0.25, 0.3) is 5.56 Å². The zero-order chi connectivity index (χ0) is 17.4. The number of halogens is 2. The van der Waals surface area contributed by atoms with Gasteiger partial charge in [0.2, 0.25) is 11.7 Å². The minimum Gasteiger partial charge on any atom is -0.337 e. The Labute approximate surface area is 155 Å². The van der Waals surface area contributed by atoms with E-state index in [1.165, 1.54) is 10.9 Å². The summed E-state index contributed by atoms with van der Waals surface area (Å²) in [5.41, 5.74) is 1.13. The van der Waals surface area contributed by atoms with E-state index in [9.17, 15) is 4.79 Å². The van der Waals surface area contributed by atoms with Crippen molar-refractivity contribution < 1.29 is 4.52 Å². The van der Waals surface area contributed by atoms with Gasteiger partial charge in [-0.05, 0) is 30.3 Å². The molecule has 0 radical (unpaired) electrons. The van der Waals surface area contributed by atoms with Crippen LogP contribution in [0.3, 0.4) is 0 Å². The lowest BCUT2D eigenvalue weighted by atomic mass is 10.2. The average molecular weight is 418 g/mol. The van der Waals surface area contributed by atoms with Gasteiger partial charge < -0.3 is 4.52 Å². The number of aromatic nitrogens is 4. The number of hydrogen-bond acceptors (Lipinski definition) is 5. The van der Waals surface area contributed by atoms with Gasteiger partial charge in [0.15, 0.2) is 0 Å². The first kappa shape index (κ1) is 16.0. The molecule has 2 aromatic carbocycles. The quantitative estimate of drug-likeness (QED) is 0.505. The maximum Gasteiger partial charge on any atom is 0.261 e. The van der Waals surface area contributed by atoms with E-state index in [1.807, 2.05) is 18.2 Å². The molecule has 0 fully saturated rings. The van der Waals surface area contributed by atoms with Crippen molar-refractivity contribution in [3.05, 3.63) is 74.5 Å². The van der Waals surface area contributed by atoms with E-state index < -0.39 is 0 Å². The summed E-state index contributed by atoms with van der Waals surface area (Å²) in [6.45, 7) is 0.131. The van der Waals surface area contributed by atoms with Crippen LogP contribution < -0.4 is 5.56 Å². The predicted octanol–water partition coefficient (Wildman–Crippen LogP) is 3.91. The lowest BCUT2D eigenvalue weighted by molar-refractivity contribution is 0.369. The Morgan fingerprint density at radius 1 is 1.20 bits per heavy atom. The van der Waals surface area contributed by atoms with Gasteiger partial charge in [0.05, 0.1) is 22.3 Å². The molecule has 0 unspecified atom stereocenters. The first-order valence-electron chi connectivity index (χ1n) is 7.34. The third-order valence-electron chi connectivity index (χ3n) is 3.67. The second kappa shape index (κ2) is 6.42. The van der Waals surface area contributed by atoms with Crippen LogP contribution in [-0.2, 0) is 6.54 Å². The Morgan fingerprint density at radius 3 is 2.88 bits per heavy atom. The highest BCUT2D eigenvalue weighted by atomic mass is 79.9. The standard InChI is InChI=1S/C17H10BrClN4O2/c18-10-5-6-14-12(7-10)17(24)23(9-20-14)8-15-21-16(22-25-15)11-3-1-2-4-13(11)19/h1-7,9H,8H2. The molecular formula is C17H10BrClN4O2. The van der Waals surface area contributed by atoms with Crippen molar-refractivity contribution >= 4 is 38.4 Å². The fraction of sp³-hybridized carbons (Fsp3) is 0.0588. The molecule has 0 aliphatic carbocycles. The van der Waals surface area contributed by atoms with Crippen LogP contribution in [0.15, 0.2) is 62.6 Å². The Hall–Kier alpha value is -2.51. The Kier molecular flexibility index (Phi) is 4.10. The molecule has 0 bridgehead atoms. The fourth-order valence-electron chi connectivity index (χ4n) is 2.46. The summed E-state index contributed by atoms with van der Waals surface area (Å²) in [5.74, 6) is 0.679. The zero-order valence-corrected chi connectivity index (χ0v) is 15.0. The van der Waals surface area contributed by atoms with Gasteiger partial charge in [-0.3, -0.25) is 9.36 Å². The molecule has 2 aromatic heterocycles. The van der Waals surface area contributed by atoms with E-state index in [2.05, 4.69) is 31.1 Å². The lowest BCUT2D eigenvalue weighted by Crippen LogP contribution is -2.21. The van der Waals surface area contributed by atoms with Gasteiger partial charge in [-0.2, -0.15) is 4.98 Å². The molecule has 4 rings (SSSR count). The molecule has 8 heteroatoms. The molecule has 6 nitrogen and oxygen atoms in total. The minimum absolute atomic E-state index is 0.131. The number of benzene rings is 2. The molecule has 0 N–H and O–H groups in total. The van der Waals surface area contributed by atoms with Crippen molar-refractivity contribution in [3.63, 3.8) is 0 Å². The molecule has 0 spiro atoms. The summed E-state index contributed by atoms with van der Waals surface area (Å²) >= 11 is 9.51. The van der Waals surface area contributed by atoms with Gasteiger partial charge in [-0.1, -0.05) is 44.8 Å². The van der Waals surface area contributed by atoms with E-state index in [4.69, 9.17) is 16.1 Å². The van der Waals surface area contributed by atoms with Crippen LogP contribution in [0.1, 0.15) is 5.89 Å². The van der Waals surface area contributed by atoms with Crippen LogP contribution in [0.25, 0.3) is 22.3 Å². The fourth-order valence-corrected chi connectivity index (χ4v) is 3.04. The molecule has 0 atom stereocenters. The van der Waals surface area contributed by atoms with Crippen LogP contribution in [-0.4, -0.2) is 19.7 Å². The van der Waals surface area contributed by atoms with Crippen LogP contribution >= 0.6 is 27.5 Å². The normalized spacial score (nSPS) is 11.1. The van der Waals surface area contributed by atoms with E-state index in [-0.39, 0.29) is 12.1 Å². The molecule has 0 amide bonds. The molecule has 0 saturated heterocycles. The van der Waals surface area contributed by atoms with E-state index in [0.29, 0.717) is 33.2 Å². The average Bonchev–Trinajstić information content (AvgIpc) is 3.07. The van der Waals surface area contributed by atoms with Gasteiger partial charge in [-0.15, -0.1) is 0 Å². The topological polar surface area (TPSA) is 73.8 Å². The minimum atomic E-state index is -0.177. The summed E-state index contributed by atoms with van der Waals surface area (Å²) in [4.78, 5) is 21.2. The van der Waals surface area contributed by atoms with E-state index in [1.54, 1.807) is 24.3 Å². The van der Waals surface area contributed by atoms with Crippen LogP contribution in [0.2, 0.25) is 5.02 Å². The Balaban J connectivity index is 1.70. The summed E-state index contributed by atoms with van der Waals surface area (Å²) in [5, 5.41) is 4.98. The molecule has 0 aliphatic heterocycles. The molecular weight excluding hydrogens is 408 g/mol. The van der Waals surface area contributed by atoms with Gasteiger partial charge in [0, 0.05) is 10.0 Å². The van der Waals surface area contributed by atoms with Crippen molar-refractivity contribution in [1.29, 1.82) is 0 Å². The number of rotatable bonds is 3. The molecule has 4 aromatic rings. The third-order valence-corrected chi connectivity index (χ3v) is 4.50. The number of hydrogen-bond donors (Lipinski definition) is 0. The van der Waals surface area contributed by atoms with Gasteiger partial charge in [0.1, 0.15) is 6.54 Å². The first-order chi connectivity index (χ1) is 12.1. The molecule has 124 valence electrons. The highest BCUT2D eigenvalue weighted by molar-refractivity contribution is 9.10. The van der Waals surface area contributed by atoms with Crippen LogP contribution in [0.5, 0.6) is 0 Å². The monoisotopic (exact) mass is 416 g/mol. The van der Waals surface area contributed by atoms with Crippen molar-refractivity contribution in [2.24, 2.45) is 0 Å². The zero-order valence-electron chi connectivity index (χ0n) is 12.7. The third kappa shape index (κ3) is 3.08. The maximum atomic E-state index is 12.6. The van der Waals surface area contributed by atoms with Crippen molar-refractivity contribution in [2.45, 2.75) is 6.54 Å². The number of fused-ring (bicyclic) bond motifs is 1. The van der Waals surface area contributed by atoms with E-state index >= 15 is 0 Å². The van der Waals surface area contributed by atoms with Gasteiger partial charge in [-0.25, -0.2) is 4.98 Å². The second-order valence-corrected chi connectivity index (χ2v) is 6.65. The Morgan fingerprint density at radius 2 is 2.04 bits per heavy atom. The van der Waals surface area contributed by atoms with Crippen molar-refractivity contribution in [3.8, 4) is 11.4 Å². The van der Waals surface area contributed by atoms with Crippen molar-refractivity contribution in [1.82, 2.24) is 19.7 Å². The number of nitrogens with zero attached hydrogens (tertiary/aromatic N) is 4. The molecule has 0 aliphatic rings. The van der Waals surface area contributed by atoms with Crippen LogP contribution in [0.4, 0.5) is 0 Å². The summed E-state index contributed by atoms with van der Waals surface area (Å²) in [6.07, 6.45) is 1.47. The molecule has 25 heavy (non-hydrogen) atoms. The van der Waals surface area contributed by atoms with Crippen LogP contribution in [0, 0.1) is 0 Å². The molecule has 0 saturated carbocycles. The smallest absolute Gasteiger partial charge is 0.261 e. The predicted molar refractivity (Wildman–Crippen MR) is 97.5 cm³/mol. The largest absolute Gasteiger partial charge is 0.337 e. The summed E-state index contributed by atoms with van der Waals surface area (Å²) < 4.78 is 7.50. The highest BCUT2D eigenvalue weighted by Gasteiger charge is 2.13. The SMILES string of the molecule is O=c1c2cc(Br)ccc2ncn1Cc1nc(-c2ccccc2Cl)no1. The summed E-state index contributed by atoms with van der Waals surface area (Å²) in [6, 6.07) is 12.6. The highest BCUT2D eigenvalue weighted by Crippen LogP contribution is 2.25. The summed E-state index contributed by atoms with van der Waals surface area (Å²) in [7, 11) is 0.